The van der Waals surface area contributed by atoms with Crippen LogP contribution in [0.25, 0.3) is 11.3 Å². The number of rotatable bonds is 7. The number of ether oxygens (including phenoxy) is 3. The van der Waals surface area contributed by atoms with Gasteiger partial charge >= 0.3 is 5.97 Å². The van der Waals surface area contributed by atoms with Gasteiger partial charge in [-0.15, -0.1) is 0 Å². The van der Waals surface area contributed by atoms with Crippen molar-refractivity contribution >= 4 is 5.97 Å². The summed E-state index contributed by atoms with van der Waals surface area (Å²) in [6.45, 7) is 1.23. The molecule has 4 rings (SSSR count). The topological polar surface area (TPSA) is 70.8 Å². The van der Waals surface area contributed by atoms with E-state index in [1.165, 1.54) is 0 Å². The normalized spacial score (nSPS) is 16.1. The maximum Gasteiger partial charge on any atom is 0.338 e. The first-order chi connectivity index (χ1) is 13.8. The fraction of sp³-hybridized carbons (Fsp3) is 0.273. The third kappa shape index (κ3) is 4.58. The Labute approximate surface area is 163 Å². The molecule has 1 aliphatic rings. The molecular weight excluding hydrogens is 358 g/mol. The van der Waals surface area contributed by atoms with Crippen LogP contribution in [0.5, 0.6) is 5.75 Å². The minimum atomic E-state index is -0.456. The highest BCUT2D eigenvalue weighted by atomic mass is 16.5. The number of esters is 1. The van der Waals surface area contributed by atoms with E-state index in [2.05, 4.69) is 4.98 Å². The van der Waals surface area contributed by atoms with Crippen LogP contribution in [-0.2, 0) is 16.1 Å². The van der Waals surface area contributed by atoms with Crippen LogP contribution in [0.2, 0.25) is 0 Å². The van der Waals surface area contributed by atoms with Crippen LogP contribution < -0.4 is 4.74 Å². The maximum atomic E-state index is 12.3. The summed E-state index contributed by atoms with van der Waals surface area (Å²) in [5.74, 6) is 1.14. The summed E-state index contributed by atoms with van der Waals surface area (Å²) < 4.78 is 22.2. The molecule has 1 aromatic heterocycles. The molecule has 0 aliphatic carbocycles. The van der Waals surface area contributed by atoms with Crippen molar-refractivity contribution in [3.63, 3.8) is 0 Å². The summed E-state index contributed by atoms with van der Waals surface area (Å²) in [6.07, 6.45) is 3.81. The number of carbonyl (C=O) groups is 1. The van der Waals surface area contributed by atoms with Crippen LogP contribution in [-0.4, -0.2) is 30.3 Å². The smallest absolute Gasteiger partial charge is 0.338 e. The van der Waals surface area contributed by atoms with Crippen molar-refractivity contribution in [3.8, 4) is 17.1 Å². The zero-order valence-corrected chi connectivity index (χ0v) is 15.4. The second kappa shape index (κ2) is 8.71. The van der Waals surface area contributed by atoms with E-state index < -0.39 is 5.97 Å². The van der Waals surface area contributed by atoms with Crippen molar-refractivity contribution in [1.29, 1.82) is 0 Å². The molecule has 6 heteroatoms. The number of aromatic nitrogens is 1. The minimum Gasteiger partial charge on any atom is -0.491 e. The molecule has 6 nitrogen and oxygen atoms in total. The van der Waals surface area contributed by atoms with Gasteiger partial charge < -0.3 is 18.6 Å². The molecule has 1 saturated heterocycles. The molecule has 1 atom stereocenters. The molecule has 3 aromatic rings. The first-order valence-corrected chi connectivity index (χ1v) is 9.29. The predicted octanol–water partition coefficient (Wildman–Crippen LogP) is 4.26. The molecule has 0 amide bonds. The van der Waals surface area contributed by atoms with Crippen LogP contribution in [0.4, 0.5) is 0 Å². The first kappa shape index (κ1) is 18.3. The van der Waals surface area contributed by atoms with E-state index in [0.29, 0.717) is 29.6 Å². The quantitative estimate of drug-likeness (QED) is 0.572. The van der Waals surface area contributed by atoms with E-state index in [0.717, 1.165) is 25.0 Å². The van der Waals surface area contributed by atoms with Gasteiger partial charge in [-0.2, -0.15) is 0 Å². The molecule has 0 radical (unpaired) electrons. The molecule has 1 aliphatic heterocycles. The molecule has 1 unspecified atom stereocenters. The third-order valence-electron chi connectivity index (χ3n) is 4.47. The zero-order chi connectivity index (χ0) is 19.2. The lowest BCUT2D eigenvalue weighted by Crippen LogP contribution is -2.16. The fourth-order valence-electron chi connectivity index (χ4n) is 3.00. The first-order valence-electron chi connectivity index (χ1n) is 9.29. The average Bonchev–Trinajstić information content (AvgIpc) is 3.43. The number of hydrogen-bond acceptors (Lipinski definition) is 6. The average molecular weight is 379 g/mol. The van der Waals surface area contributed by atoms with Crippen molar-refractivity contribution < 1.29 is 23.4 Å². The van der Waals surface area contributed by atoms with Crippen molar-refractivity contribution in [1.82, 2.24) is 4.98 Å². The molecular formula is C22H21NO5. The SMILES string of the molecule is O=C(OCc1ncc(-c2ccccc2)o1)c1cccc(OCC2CCCO2)c1. The van der Waals surface area contributed by atoms with Gasteiger partial charge in [-0.3, -0.25) is 0 Å². The molecule has 2 aromatic carbocycles. The summed E-state index contributed by atoms with van der Waals surface area (Å²) in [6, 6.07) is 16.6. The molecule has 144 valence electrons. The predicted molar refractivity (Wildman–Crippen MR) is 102 cm³/mol. The van der Waals surface area contributed by atoms with Gasteiger partial charge in [-0.25, -0.2) is 9.78 Å². The lowest BCUT2D eigenvalue weighted by Gasteiger charge is -2.12. The fourth-order valence-corrected chi connectivity index (χ4v) is 3.00. The second-order valence-electron chi connectivity index (χ2n) is 6.53. The van der Waals surface area contributed by atoms with E-state index >= 15 is 0 Å². The van der Waals surface area contributed by atoms with Gasteiger partial charge in [0, 0.05) is 12.2 Å². The zero-order valence-electron chi connectivity index (χ0n) is 15.4. The van der Waals surface area contributed by atoms with Crippen molar-refractivity contribution in [2.45, 2.75) is 25.6 Å². The highest BCUT2D eigenvalue weighted by Crippen LogP contribution is 2.21. The van der Waals surface area contributed by atoms with Crippen LogP contribution >= 0.6 is 0 Å². The lowest BCUT2D eigenvalue weighted by atomic mass is 10.2. The Morgan fingerprint density at radius 1 is 1.14 bits per heavy atom. The summed E-state index contributed by atoms with van der Waals surface area (Å²) >= 11 is 0. The van der Waals surface area contributed by atoms with Gasteiger partial charge in [0.2, 0.25) is 5.89 Å². The molecule has 0 saturated carbocycles. The summed E-state index contributed by atoms with van der Waals surface area (Å²) in [7, 11) is 0. The molecule has 1 fully saturated rings. The Bertz CT molecular complexity index is 915. The van der Waals surface area contributed by atoms with Crippen LogP contribution in [0, 0.1) is 0 Å². The molecule has 0 N–H and O–H groups in total. The Morgan fingerprint density at radius 2 is 2.04 bits per heavy atom. The van der Waals surface area contributed by atoms with E-state index in [-0.39, 0.29) is 12.7 Å². The monoisotopic (exact) mass is 379 g/mol. The highest BCUT2D eigenvalue weighted by molar-refractivity contribution is 5.89. The number of hydrogen-bond donors (Lipinski definition) is 0. The number of nitrogens with zero attached hydrogens (tertiary/aromatic N) is 1. The molecule has 0 bridgehead atoms. The Morgan fingerprint density at radius 3 is 2.86 bits per heavy atom. The van der Waals surface area contributed by atoms with Gasteiger partial charge in [0.05, 0.1) is 17.9 Å². The van der Waals surface area contributed by atoms with Crippen molar-refractivity contribution in [2.24, 2.45) is 0 Å². The van der Waals surface area contributed by atoms with E-state index in [1.54, 1.807) is 24.4 Å². The maximum absolute atomic E-state index is 12.3. The molecule has 2 heterocycles. The van der Waals surface area contributed by atoms with Crippen LogP contribution in [0.1, 0.15) is 29.1 Å². The third-order valence-corrected chi connectivity index (χ3v) is 4.47. The summed E-state index contributed by atoms with van der Waals surface area (Å²) in [4.78, 5) is 16.5. The van der Waals surface area contributed by atoms with Gasteiger partial charge in [-0.05, 0) is 31.0 Å². The Hall–Kier alpha value is -3.12. The highest BCUT2D eigenvalue weighted by Gasteiger charge is 2.17. The number of oxazole rings is 1. The molecule has 28 heavy (non-hydrogen) atoms. The number of carbonyl (C=O) groups excluding carboxylic acids is 1. The van der Waals surface area contributed by atoms with E-state index in [4.69, 9.17) is 18.6 Å². The molecule has 0 spiro atoms. The summed E-state index contributed by atoms with van der Waals surface area (Å²) in [5.41, 5.74) is 1.34. The van der Waals surface area contributed by atoms with Crippen LogP contribution in [0.3, 0.4) is 0 Å². The van der Waals surface area contributed by atoms with Crippen molar-refractivity contribution in [2.75, 3.05) is 13.2 Å². The van der Waals surface area contributed by atoms with E-state index in [9.17, 15) is 4.79 Å². The Balaban J connectivity index is 1.32. The lowest BCUT2D eigenvalue weighted by molar-refractivity contribution is 0.0438. The van der Waals surface area contributed by atoms with Gasteiger partial charge in [0.1, 0.15) is 12.4 Å². The number of benzene rings is 2. The van der Waals surface area contributed by atoms with Gasteiger partial charge in [0.25, 0.3) is 0 Å². The standard InChI is InChI=1S/C22H21NO5/c24-22(17-8-4-9-18(12-17)26-14-19-10-5-11-25-19)27-15-21-23-13-20(28-21)16-6-2-1-3-7-16/h1-4,6-9,12-13,19H,5,10-11,14-15H2. The van der Waals surface area contributed by atoms with Crippen molar-refractivity contribution in [3.05, 3.63) is 72.2 Å². The minimum absolute atomic E-state index is 0.0351. The van der Waals surface area contributed by atoms with E-state index in [1.807, 2.05) is 36.4 Å². The Kier molecular flexibility index (Phi) is 5.68. The van der Waals surface area contributed by atoms with Gasteiger partial charge in [0.15, 0.2) is 12.4 Å². The largest absolute Gasteiger partial charge is 0.491 e. The summed E-state index contributed by atoms with van der Waals surface area (Å²) in [5, 5.41) is 0. The van der Waals surface area contributed by atoms with Gasteiger partial charge in [-0.1, -0.05) is 36.4 Å². The second-order valence-corrected chi connectivity index (χ2v) is 6.53. The van der Waals surface area contributed by atoms with Crippen LogP contribution in [0.15, 0.2) is 65.2 Å².